The normalized spacial score (nSPS) is 16.5. The predicted octanol–water partition coefficient (Wildman–Crippen LogP) is 3.62. The number of esters is 1. The Balaban J connectivity index is 1.40. The van der Waals surface area contributed by atoms with Crippen LogP contribution in [0.3, 0.4) is 0 Å². The van der Waals surface area contributed by atoms with Gasteiger partial charge in [0.2, 0.25) is 0 Å². The van der Waals surface area contributed by atoms with Crippen molar-refractivity contribution in [2.45, 2.75) is 44.6 Å². The molecule has 1 aliphatic carbocycles. The molecule has 0 atom stereocenters. The molecule has 0 aromatic heterocycles. The second-order valence-corrected chi connectivity index (χ2v) is 8.01. The minimum atomic E-state index is -0.760. The van der Waals surface area contributed by atoms with Gasteiger partial charge in [-0.3, -0.25) is 14.4 Å². The van der Waals surface area contributed by atoms with Crippen LogP contribution in [0.5, 0.6) is 0 Å². The smallest absolute Gasteiger partial charge is 0.338 e. The van der Waals surface area contributed by atoms with E-state index >= 15 is 0 Å². The fourth-order valence-electron chi connectivity index (χ4n) is 4.10. The van der Waals surface area contributed by atoms with Crippen molar-refractivity contribution in [3.8, 4) is 0 Å². The SMILES string of the molecule is O=C(COC(=O)c1ccc2c(c1)C(=O)N(c1ccc(F)cc1)C2=O)NC1CCCCCC1. The fraction of sp³-hybridized carbons (Fsp3) is 0.333. The number of hydrogen-bond donors (Lipinski definition) is 1. The van der Waals surface area contributed by atoms with Crippen molar-refractivity contribution in [1.29, 1.82) is 0 Å². The van der Waals surface area contributed by atoms with Gasteiger partial charge in [0.1, 0.15) is 5.82 Å². The number of ether oxygens (including phenoxy) is 1. The van der Waals surface area contributed by atoms with E-state index in [9.17, 15) is 23.6 Å². The Kier molecular flexibility index (Phi) is 6.30. The standard InChI is InChI=1S/C24H23FN2O5/c25-16-8-10-18(11-9-16)27-22(29)19-12-7-15(13-20(19)23(27)30)24(31)32-14-21(28)26-17-5-3-1-2-4-6-17/h7-13,17H,1-6,14H2,(H,26,28). The van der Waals surface area contributed by atoms with Crippen molar-refractivity contribution in [2.75, 3.05) is 11.5 Å². The summed E-state index contributed by atoms with van der Waals surface area (Å²) in [6, 6.07) is 9.11. The summed E-state index contributed by atoms with van der Waals surface area (Å²) in [7, 11) is 0. The molecule has 0 bridgehead atoms. The summed E-state index contributed by atoms with van der Waals surface area (Å²) in [5.41, 5.74) is 0.490. The van der Waals surface area contributed by atoms with E-state index in [1.54, 1.807) is 0 Å². The molecule has 0 unspecified atom stereocenters. The molecule has 3 amide bonds. The van der Waals surface area contributed by atoms with E-state index in [4.69, 9.17) is 4.74 Å². The Hall–Kier alpha value is -3.55. The molecule has 1 aliphatic heterocycles. The average Bonchev–Trinajstić information content (AvgIpc) is 2.94. The van der Waals surface area contributed by atoms with Crippen molar-refractivity contribution >= 4 is 29.4 Å². The van der Waals surface area contributed by atoms with Crippen molar-refractivity contribution < 1.29 is 28.3 Å². The molecular weight excluding hydrogens is 415 g/mol. The number of imide groups is 1. The van der Waals surface area contributed by atoms with Crippen LogP contribution in [-0.4, -0.2) is 36.3 Å². The Bertz CT molecular complexity index is 1060. The number of fused-ring (bicyclic) bond motifs is 1. The van der Waals surface area contributed by atoms with E-state index in [2.05, 4.69) is 5.32 Å². The monoisotopic (exact) mass is 438 g/mol. The quantitative estimate of drug-likeness (QED) is 0.437. The van der Waals surface area contributed by atoms with Gasteiger partial charge in [-0.1, -0.05) is 25.7 Å². The second-order valence-electron chi connectivity index (χ2n) is 8.01. The van der Waals surface area contributed by atoms with E-state index < -0.39 is 30.2 Å². The van der Waals surface area contributed by atoms with Crippen molar-refractivity contribution in [3.05, 3.63) is 65.0 Å². The van der Waals surface area contributed by atoms with Gasteiger partial charge in [-0.25, -0.2) is 14.1 Å². The van der Waals surface area contributed by atoms with E-state index in [-0.39, 0.29) is 34.3 Å². The first-order valence-electron chi connectivity index (χ1n) is 10.7. The van der Waals surface area contributed by atoms with Crippen LogP contribution in [-0.2, 0) is 9.53 Å². The highest BCUT2D eigenvalue weighted by molar-refractivity contribution is 6.34. The maximum Gasteiger partial charge on any atom is 0.338 e. The number of benzene rings is 2. The van der Waals surface area contributed by atoms with Crippen LogP contribution in [0.15, 0.2) is 42.5 Å². The van der Waals surface area contributed by atoms with Crippen LogP contribution >= 0.6 is 0 Å². The summed E-state index contributed by atoms with van der Waals surface area (Å²) in [6.45, 7) is -0.416. The highest BCUT2D eigenvalue weighted by Crippen LogP contribution is 2.29. The maximum absolute atomic E-state index is 13.2. The number of amides is 3. The van der Waals surface area contributed by atoms with Crippen molar-refractivity contribution in [1.82, 2.24) is 5.32 Å². The lowest BCUT2D eigenvalue weighted by Crippen LogP contribution is -2.37. The number of hydrogen-bond acceptors (Lipinski definition) is 5. The number of carbonyl (C=O) groups excluding carboxylic acids is 4. The third-order valence-electron chi connectivity index (χ3n) is 5.76. The Labute approximate surface area is 184 Å². The minimum Gasteiger partial charge on any atom is -0.452 e. The molecular formula is C24H23FN2O5. The molecule has 1 N–H and O–H groups in total. The van der Waals surface area contributed by atoms with Crippen LogP contribution < -0.4 is 10.2 Å². The highest BCUT2D eigenvalue weighted by atomic mass is 19.1. The number of carbonyl (C=O) groups is 4. The van der Waals surface area contributed by atoms with Crippen LogP contribution in [0.25, 0.3) is 0 Å². The predicted molar refractivity (Wildman–Crippen MR) is 114 cm³/mol. The summed E-state index contributed by atoms with van der Waals surface area (Å²) < 4.78 is 18.3. The lowest BCUT2D eigenvalue weighted by Gasteiger charge is -2.16. The Morgan fingerprint density at radius 2 is 1.59 bits per heavy atom. The van der Waals surface area contributed by atoms with Crippen molar-refractivity contribution in [2.24, 2.45) is 0 Å². The summed E-state index contributed by atoms with van der Waals surface area (Å²) in [4.78, 5) is 50.9. The van der Waals surface area contributed by atoms with Gasteiger partial charge in [0.25, 0.3) is 17.7 Å². The first-order valence-corrected chi connectivity index (χ1v) is 10.7. The zero-order valence-electron chi connectivity index (χ0n) is 17.4. The number of anilines is 1. The van der Waals surface area contributed by atoms with Gasteiger partial charge in [-0.15, -0.1) is 0 Å². The van der Waals surface area contributed by atoms with E-state index in [1.807, 2.05) is 0 Å². The molecule has 2 aliphatic rings. The van der Waals surface area contributed by atoms with Gasteiger partial charge < -0.3 is 10.1 Å². The molecule has 166 valence electrons. The highest BCUT2D eigenvalue weighted by Gasteiger charge is 2.37. The molecule has 2 aromatic rings. The van der Waals surface area contributed by atoms with Gasteiger partial charge >= 0.3 is 5.97 Å². The first-order chi connectivity index (χ1) is 15.4. The Morgan fingerprint density at radius 3 is 2.28 bits per heavy atom. The lowest BCUT2D eigenvalue weighted by molar-refractivity contribution is -0.125. The Morgan fingerprint density at radius 1 is 0.938 bits per heavy atom. The van der Waals surface area contributed by atoms with Gasteiger partial charge in [-0.2, -0.15) is 0 Å². The molecule has 1 fully saturated rings. The molecule has 8 heteroatoms. The molecule has 2 aromatic carbocycles. The molecule has 4 rings (SSSR count). The van der Waals surface area contributed by atoms with Gasteiger partial charge in [0, 0.05) is 6.04 Å². The summed E-state index contributed by atoms with van der Waals surface area (Å²) in [6.07, 6.45) is 6.32. The molecule has 0 saturated heterocycles. The summed E-state index contributed by atoms with van der Waals surface area (Å²) in [5, 5.41) is 2.90. The second kappa shape index (κ2) is 9.30. The molecule has 32 heavy (non-hydrogen) atoms. The zero-order valence-corrected chi connectivity index (χ0v) is 17.4. The number of nitrogens with one attached hydrogen (secondary N) is 1. The molecule has 1 heterocycles. The van der Waals surface area contributed by atoms with E-state index in [0.29, 0.717) is 0 Å². The van der Waals surface area contributed by atoms with Crippen LogP contribution in [0, 0.1) is 5.82 Å². The summed E-state index contributed by atoms with van der Waals surface area (Å²) in [5.74, 6) is -2.78. The first kappa shape index (κ1) is 21.7. The van der Waals surface area contributed by atoms with Crippen LogP contribution in [0.1, 0.15) is 69.6 Å². The van der Waals surface area contributed by atoms with Gasteiger partial charge in [-0.05, 0) is 55.3 Å². The number of rotatable bonds is 5. The summed E-state index contributed by atoms with van der Waals surface area (Å²) >= 11 is 0. The lowest BCUT2D eigenvalue weighted by atomic mass is 10.1. The van der Waals surface area contributed by atoms with Gasteiger partial charge in [0.15, 0.2) is 6.61 Å². The topological polar surface area (TPSA) is 92.8 Å². The molecule has 0 spiro atoms. The zero-order chi connectivity index (χ0) is 22.7. The third-order valence-corrected chi connectivity index (χ3v) is 5.76. The minimum absolute atomic E-state index is 0.0525. The average molecular weight is 438 g/mol. The van der Waals surface area contributed by atoms with E-state index in [0.717, 1.165) is 42.7 Å². The third kappa shape index (κ3) is 4.54. The molecule has 0 radical (unpaired) electrons. The fourth-order valence-corrected chi connectivity index (χ4v) is 4.10. The van der Waals surface area contributed by atoms with Crippen molar-refractivity contribution in [3.63, 3.8) is 0 Å². The number of nitrogens with zero attached hydrogens (tertiary/aromatic N) is 1. The van der Waals surface area contributed by atoms with Crippen LogP contribution in [0.4, 0.5) is 10.1 Å². The van der Waals surface area contributed by atoms with Gasteiger partial charge in [0.05, 0.1) is 22.4 Å². The molecule has 1 saturated carbocycles. The number of halogens is 1. The van der Waals surface area contributed by atoms with E-state index in [1.165, 1.54) is 43.2 Å². The maximum atomic E-state index is 13.2. The molecule has 7 nitrogen and oxygen atoms in total. The largest absolute Gasteiger partial charge is 0.452 e. The van der Waals surface area contributed by atoms with Crippen LogP contribution in [0.2, 0.25) is 0 Å².